The lowest BCUT2D eigenvalue weighted by atomic mass is 10.2. The fourth-order valence-electron chi connectivity index (χ4n) is 3.12. The maximum absolute atomic E-state index is 12.8. The summed E-state index contributed by atoms with van der Waals surface area (Å²) in [6.45, 7) is 0. The lowest BCUT2D eigenvalue weighted by Crippen LogP contribution is -2.20. The molecule has 0 aliphatic carbocycles. The van der Waals surface area contributed by atoms with Crippen LogP contribution in [-0.4, -0.2) is 29.9 Å². The minimum Gasteiger partial charge on any atom is -0.497 e. The van der Waals surface area contributed by atoms with E-state index in [2.05, 4.69) is 10.4 Å². The number of aromatic nitrogens is 2. The van der Waals surface area contributed by atoms with E-state index in [9.17, 15) is 9.59 Å². The van der Waals surface area contributed by atoms with E-state index >= 15 is 0 Å². The van der Waals surface area contributed by atoms with Crippen molar-refractivity contribution in [2.75, 3.05) is 19.5 Å². The fraction of sp³-hybridized carbons (Fsp3) is 0.0800. The highest BCUT2D eigenvalue weighted by Gasteiger charge is 2.12. The summed E-state index contributed by atoms with van der Waals surface area (Å²) < 4.78 is 11.8. The van der Waals surface area contributed by atoms with Gasteiger partial charge in [-0.25, -0.2) is 0 Å². The number of amides is 1. The molecule has 9 heteroatoms. The molecule has 0 aliphatic rings. The van der Waals surface area contributed by atoms with Gasteiger partial charge in [-0.1, -0.05) is 23.4 Å². The van der Waals surface area contributed by atoms with E-state index in [1.165, 1.54) is 29.6 Å². The van der Waals surface area contributed by atoms with Gasteiger partial charge in [0.2, 0.25) is 0 Å². The SMILES string of the molecule is COc1ccc(OC)c(NC(=O)c2ccc(-n3nc(Sc4ccc(Cl)cc4)ccc3=O)cc2)c1. The minimum absolute atomic E-state index is 0.279. The average Bonchev–Trinajstić information content (AvgIpc) is 2.86. The summed E-state index contributed by atoms with van der Waals surface area (Å²) in [7, 11) is 3.07. The Bertz CT molecular complexity index is 1370. The number of hydrogen-bond donors (Lipinski definition) is 1. The zero-order valence-electron chi connectivity index (χ0n) is 18.3. The first kappa shape index (κ1) is 23.4. The number of nitrogens with zero attached hydrogens (tertiary/aromatic N) is 2. The molecular formula is C25H20ClN3O4S. The molecule has 0 saturated carbocycles. The van der Waals surface area contributed by atoms with Crippen molar-refractivity contribution >= 4 is 35.0 Å². The normalized spacial score (nSPS) is 10.6. The summed E-state index contributed by atoms with van der Waals surface area (Å²) >= 11 is 7.35. The monoisotopic (exact) mass is 493 g/mol. The second-order valence-electron chi connectivity index (χ2n) is 7.04. The number of nitrogens with one attached hydrogen (secondary N) is 1. The molecule has 0 aliphatic heterocycles. The van der Waals surface area contributed by atoms with Crippen LogP contribution in [0.15, 0.2) is 93.6 Å². The van der Waals surface area contributed by atoms with Crippen LogP contribution < -0.4 is 20.3 Å². The van der Waals surface area contributed by atoms with E-state index in [-0.39, 0.29) is 11.5 Å². The Labute approximate surface area is 205 Å². The van der Waals surface area contributed by atoms with Gasteiger partial charge in [-0.05, 0) is 66.7 Å². The molecule has 0 atom stereocenters. The van der Waals surface area contributed by atoms with Crippen LogP contribution in [0.1, 0.15) is 10.4 Å². The molecule has 1 heterocycles. The molecule has 0 radical (unpaired) electrons. The van der Waals surface area contributed by atoms with E-state index < -0.39 is 0 Å². The van der Waals surface area contributed by atoms with Crippen molar-refractivity contribution in [3.05, 3.63) is 99.8 Å². The Kier molecular flexibility index (Phi) is 7.20. The summed E-state index contributed by atoms with van der Waals surface area (Å²) in [4.78, 5) is 26.1. The lowest BCUT2D eigenvalue weighted by Gasteiger charge is -2.12. The molecule has 4 rings (SSSR count). The number of hydrogen-bond acceptors (Lipinski definition) is 6. The first-order valence-corrected chi connectivity index (χ1v) is 11.3. The Balaban J connectivity index is 1.54. The molecule has 1 aromatic heterocycles. The van der Waals surface area contributed by atoms with Crippen molar-refractivity contribution in [3.8, 4) is 17.2 Å². The molecule has 0 bridgehead atoms. The number of anilines is 1. The predicted octanol–water partition coefficient (Wildman–Crippen LogP) is 5.31. The van der Waals surface area contributed by atoms with Gasteiger partial charge in [0.25, 0.3) is 11.5 Å². The van der Waals surface area contributed by atoms with Gasteiger partial charge in [-0.2, -0.15) is 9.78 Å². The first-order chi connectivity index (χ1) is 16.5. The van der Waals surface area contributed by atoms with E-state index in [1.54, 1.807) is 67.8 Å². The van der Waals surface area contributed by atoms with E-state index in [1.807, 2.05) is 12.1 Å². The molecule has 3 aromatic carbocycles. The topological polar surface area (TPSA) is 82.4 Å². The Morgan fingerprint density at radius 2 is 1.68 bits per heavy atom. The van der Waals surface area contributed by atoms with Gasteiger partial charge >= 0.3 is 0 Å². The van der Waals surface area contributed by atoms with Crippen LogP contribution in [0.2, 0.25) is 5.02 Å². The highest BCUT2D eigenvalue weighted by Crippen LogP contribution is 2.29. The van der Waals surface area contributed by atoms with E-state index in [0.29, 0.717) is 38.5 Å². The van der Waals surface area contributed by atoms with E-state index in [0.717, 1.165) is 4.90 Å². The lowest BCUT2D eigenvalue weighted by molar-refractivity contribution is 0.102. The van der Waals surface area contributed by atoms with Gasteiger partial charge in [0.1, 0.15) is 16.5 Å². The zero-order valence-corrected chi connectivity index (χ0v) is 19.9. The van der Waals surface area contributed by atoms with Crippen molar-refractivity contribution < 1.29 is 14.3 Å². The van der Waals surface area contributed by atoms with Crippen molar-refractivity contribution in [2.24, 2.45) is 0 Å². The molecule has 7 nitrogen and oxygen atoms in total. The summed E-state index contributed by atoms with van der Waals surface area (Å²) in [5.74, 6) is 0.773. The van der Waals surface area contributed by atoms with Crippen molar-refractivity contribution in [1.82, 2.24) is 9.78 Å². The minimum atomic E-state index is -0.328. The third-order valence-corrected chi connectivity index (χ3v) is 6.03. The second-order valence-corrected chi connectivity index (χ2v) is 8.58. The van der Waals surface area contributed by atoms with Gasteiger partial charge < -0.3 is 14.8 Å². The van der Waals surface area contributed by atoms with Crippen LogP contribution in [-0.2, 0) is 0 Å². The van der Waals surface area contributed by atoms with Crippen molar-refractivity contribution in [3.63, 3.8) is 0 Å². The molecule has 0 unspecified atom stereocenters. The van der Waals surface area contributed by atoms with Crippen LogP contribution >= 0.6 is 23.4 Å². The zero-order chi connectivity index (χ0) is 24.1. The van der Waals surface area contributed by atoms with Crippen molar-refractivity contribution in [1.29, 1.82) is 0 Å². The number of carbonyl (C=O) groups is 1. The first-order valence-electron chi connectivity index (χ1n) is 10.1. The molecule has 34 heavy (non-hydrogen) atoms. The summed E-state index contributed by atoms with van der Waals surface area (Å²) in [5.41, 5.74) is 1.16. The molecule has 1 N–H and O–H groups in total. The van der Waals surface area contributed by atoms with E-state index in [4.69, 9.17) is 21.1 Å². The molecule has 0 spiro atoms. The number of ether oxygens (including phenoxy) is 2. The summed E-state index contributed by atoms with van der Waals surface area (Å²) in [5, 5.41) is 8.57. The molecule has 0 saturated heterocycles. The standard InChI is InChI=1S/C25H20ClN3O4S/c1-32-19-9-12-22(33-2)21(15-19)27-25(31)16-3-7-18(8-4-16)29-24(30)14-13-23(28-29)34-20-10-5-17(26)6-11-20/h3-15H,1-2H3,(H,27,31). The quantitative estimate of drug-likeness (QED) is 0.376. The number of halogens is 1. The van der Waals surface area contributed by atoms with Gasteiger partial charge in [0, 0.05) is 27.6 Å². The Hall–Kier alpha value is -3.75. The number of methoxy groups -OCH3 is 2. The predicted molar refractivity (Wildman–Crippen MR) is 133 cm³/mol. The molecule has 0 fully saturated rings. The van der Waals surface area contributed by atoms with Crippen LogP contribution in [0.3, 0.4) is 0 Å². The van der Waals surface area contributed by atoms with Crippen LogP contribution in [0, 0.1) is 0 Å². The third kappa shape index (κ3) is 5.41. The average molecular weight is 494 g/mol. The molecular weight excluding hydrogens is 474 g/mol. The smallest absolute Gasteiger partial charge is 0.271 e. The van der Waals surface area contributed by atoms with Gasteiger partial charge in [-0.3, -0.25) is 9.59 Å². The summed E-state index contributed by atoms with van der Waals surface area (Å²) in [6.07, 6.45) is 0. The number of benzene rings is 3. The highest BCUT2D eigenvalue weighted by atomic mass is 35.5. The summed E-state index contributed by atoms with van der Waals surface area (Å²) in [6, 6.07) is 22.2. The molecule has 1 amide bonds. The number of carbonyl (C=O) groups excluding carboxylic acids is 1. The van der Waals surface area contributed by atoms with Crippen LogP contribution in [0.5, 0.6) is 11.5 Å². The van der Waals surface area contributed by atoms with Crippen molar-refractivity contribution in [2.45, 2.75) is 9.92 Å². The third-order valence-electron chi connectivity index (χ3n) is 4.84. The van der Waals surface area contributed by atoms with Gasteiger partial charge in [0.05, 0.1) is 25.6 Å². The maximum atomic E-state index is 12.8. The van der Waals surface area contributed by atoms with Gasteiger partial charge in [-0.15, -0.1) is 0 Å². The molecule has 172 valence electrons. The Morgan fingerprint density at radius 1 is 0.941 bits per heavy atom. The maximum Gasteiger partial charge on any atom is 0.271 e. The second kappa shape index (κ2) is 10.5. The Morgan fingerprint density at radius 3 is 2.35 bits per heavy atom. The molecule has 4 aromatic rings. The highest BCUT2D eigenvalue weighted by molar-refractivity contribution is 7.99. The van der Waals surface area contributed by atoms with Gasteiger partial charge in [0.15, 0.2) is 0 Å². The van der Waals surface area contributed by atoms with Crippen LogP contribution in [0.25, 0.3) is 5.69 Å². The number of rotatable bonds is 7. The fourth-order valence-corrected chi connectivity index (χ4v) is 4.02. The van der Waals surface area contributed by atoms with Crippen LogP contribution in [0.4, 0.5) is 5.69 Å². The largest absolute Gasteiger partial charge is 0.497 e.